The zero-order valence-electron chi connectivity index (χ0n) is 17.8. The molecule has 0 atom stereocenters. The Morgan fingerprint density at radius 2 is 1.84 bits per heavy atom. The number of nitrogens with one attached hydrogen (secondary N) is 1. The normalized spacial score (nSPS) is 10.8. The molecule has 7 heteroatoms. The number of rotatable bonds is 7. The fourth-order valence-electron chi connectivity index (χ4n) is 3.43. The van der Waals surface area contributed by atoms with Crippen LogP contribution in [0.1, 0.15) is 24.0 Å². The van der Waals surface area contributed by atoms with Gasteiger partial charge in [-0.15, -0.1) is 11.3 Å². The van der Waals surface area contributed by atoms with Gasteiger partial charge in [0.05, 0.1) is 47.0 Å². The molecule has 0 saturated carbocycles. The van der Waals surface area contributed by atoms with Gasteiger partial charge in [-0.2, -0.15) is 5.10 Å². The minimum absolute atomic E-state index is 0.117. The first-order valence-corrected chi connectivity index (χ1v) is 11.0. The quantitative estimate of drug-likeness (QED) is 0.436. The summed E-state index contributed by atoms with van der Waals surface area (Å²) in [4.78, 5) is 17.4. The van der Waals surface area contributed by atoms with E-state index in [0.717, 1.165) is 44.8 Å². The third kappa shape index (κ3) is 4.51. The first-order valence-electron chi connectivity index (χ1n) is 10.1. The molecule has 0 aliphatic rings. The molecule has 0 spiro atoms. The van der Waals surface area contributed by atoms with Crippen molar-refractivity contribution in [3.05, 3.63) is 77.1 Å². The molecule has 0 fully saturated rings. The Kier molecular flexibility index (Phi) is 6.13. The fourth-order valence-corrected chi connectivity index (χ4v) is 4.28. The van der Waals surface area contributed by atoms with Crippen LogP contribution in [0.2, 0.25) is 0 Å². The number of thiazole rings is 1. The number of hydrogen-bond donors (Lipinski definition) is 1. The van der Waals surface area contributed by atoms with E-state index in [1.54, 1.807) is 0 Å². The average Bonchev–Trinajstić information content (AvgIpc) is 3.35. The highest BCUT2D eigenvalue weighted by Crippen LogP contribution is 2.32. The Morgan fingerprint density at radius 3 is 2.61 bits per heavy atom. The second kappa shape index (κ2) is 9.14. The molecule has 0 saturated heterocycles. The van der Waals surface area contributed by atoms with Crippen LogP contribution < -0.4 is 10.1 Å². The Labute approximate surface area is 185 Å². The van der Waals surface area contributed by atoms with Gasteiger partial charge in [0.1, 0.15) is 10.8 Å². The van der Waals surface area contributed by atoms with Crippen molar-refractivity contribution in [3.8, 4) is 22.0 Å². The fraction of sp³-hybridized carbons (Fsp3) is 0.208. The van der Waals surface area contributed by atoms with Crippen molar-refractivity contribution in [3.63, 3.8) is 0 Å². The summed E-state index contributed by atoms with van der Waals surface area (Å²) in [6.45, 7) is 6.40. The van der Waals surface area contributed by atoms with Crippen molar-refractivity contribution in [1.82, 2.24) is 14.8 Å². The zero-order valence-corrected chi connectivity index (χ0v) is 18.6. The van der Waals surface area contributed by atoms with Gasteiger partial charge in [0.2, 0.25) is 5.91 Å². The van der Waals surface area contributed by atoms with Gasteiger partial charge < -0.3 is 10.1 Å². The predicted octanol–water partition coefficient (Wildman–Crippen LogP) is 5.19. The van der Waals surface area contributed by atoms with E-state index in [2.05, 4.69) is 15.4 Å². The Morgan fingerprint density at radius 1 is 1.10 bits per heavy atom. The van der Waals surface area contributed by atoms with Gasteiger partial charge in [-0.25, -0.2) is 9.67 Å². The lowest BCUT2D eigenvalue weighted by atomic mass is 10.2. The van der Waals surface area contributed by atoms with Gasteiger partial charge in [-0.3, -0.25) is 4.79 Å². The molecular formula is C24H24N4O2S. The minimum atomic E-state index is -0.117. The highest BCUT2D eigenvalue weighted by atomic mass is 32.1. The standard InChI is InChI=1S/C24H24N4O2S/c1-4-30-21-13-9-8-12-20(21)24-25-18(15-31-24)14-22(29)26-23-16(2)27-28(17(23)3)19-10-6-5-7-11-19/h5-13,15H,4,14H2,1-3H3,(H,26,29). The lowest BCUT2D eigenvalue weighted by molar-refractivity contribution is -0.115. The average molecular weight is 433 g/mol. The molecule has 4 aromatic rings. The van der Waals surface area contributed by atoms with Crippen LogP contribution in [0.3, 0.4) is 0 Å². The number of carbonyl (C=O) groups excluding carboxylic acids is 1. The second-order valence-electron chi connectivity index (χ2n) is 7.09. The summed E-state index contributed by atoms with van der Waals surface area (Å²) in [7, 11) is 0. The number of carbonyl (C=O) groups is 1. The molecule has 158 valence electrons. The van der Waals surface area contributed by atoms with Crippen LogP contribution in [0, 0.1) is 13.8 Å². The molecule has 0 radical (unpaired) electrons. The molecule has 2 heterocycles. The number of benzene rings is 2. The van der Waals surface area contributed by atoms with E-state index < -0.39 is 0 Å². The van der Waals surface area contributed by atoms with E-state index in [1.165, 1.54) is 11.3 Å². The number of aryl methyl sites for hydroxylation is 1. The summed E-state index contributed by atoms with van der Waals surface area (Å²) < 4.78 is 7.55. The number of hydrogen-bond acceptors (Lipinski definition) is 5. The van der Waals surface area contributed by atoms with Gasteiger partial charge >= 0.3 is 0 Å². The minimum Gasteiger partial charge on any atom is -0.493 e. The van der Waals surface area contributed by atoms with E-state index in [9.17, 15) is 4.79 Å². The number of para-hydroxylation sites is 2. The van der Waals surface area contributed by atoms with Crippen LogP contribution in [0.25, 0.3) is 16.3 Å². The van der Waals surface area contributed by atoms with Gasteiger partial charge in [0.25, 0.3) is 0 Å². The van der Waals surface area contributed by atoms with E-state index >= 15 is 0 Å². The number of amides is 1. The maximum Gasteiger partial charge on any atom is 0.230 e. The molecule has 1 amide bonds. The molecule has 0 bridgehead atoms. The smallest absolute Gasteiger partial charge is 0.230 e. The molecule has 0 unspecified atom stereocenters. The maximum absolute atomic E-state index is 12.7. The van der Waals surface area contributed by atoms with E-state index in [-0.39, 0.29) is 12.3 Å². The zero-order chi connectivity index (χ0) is 21.8. The van der Waals surface area contributed by atoms with Crippen LogP contribution in [-0.4, -0.2) is 27.3 Å². The van der Waals surface area contributed by atoms with Crippen LogP contribution in [0.15, 0.2) is 60.0 Å². The Balaban J connectivity index is 1.49. The Hall–Kier alpha value is -3.45. The summed E-state index contributed by atoms with van der Waals surface area (Å²) in [5, 5.41) is 10.4. The summed E-state index contributed by atoms with van der Waals surface area (Å²) in [5.41, 5.74) is 5.04. The van der Waals surface area contributed by atoms with Crippen molar-refractivity contribution in [2.75, 3.05) is 11.9 Å². The second-order valence-corrected chi connectivity index (χ2v) is 7.95. The van der Waals surface area contributed by atoms with E-state index in [1.807, 2.05) is 85.4 Å². The van der Waals surface area contributed by atoms with Crippen LogP contribution in [-0.2, 0) is 11.2 Å². The van der Waals surface area contributed by atoms with Gasteiger partial charge in [-0.05, 0) is 45.0 Å². The number of aromatic nitrogens is 3. The summed E-state index contributed by atoms with van der Waals surface area (Å²) in [6.07, 6.45) is 0.197. The molecular weight excluding hydrogens is 408 g/mol. The third-order valence-electron chi connectivity index (χ3n) is 4.87. The van der Waals surface area contributed by atoms with Gasteiger partial charge in [-0.1, -0.05) is 30.3 Å². The van der Waals surface area contributed by atoms with Crippen molar-refractivity contribution in [2.24, 2.45) is 0 Å². The monoisotopic (exact) mass is 432 g/mol. The molecule has 2 aromatic heterocycles. The highest BCUT2D eigenvalue weighted by molar-refractivity contribution is 7.13. The van der Waals surface area contributed by atoms with Crippen molar-refractivity contribution >= 4 is 22.9 Å². The summed E-state index contributed by atoms with van der Waals surface area (Å²) in [6, 6.07) is 17.7. The molecule has 0 aliphatic carbocycles. The lowest BCUT2D eigenvalue weighted by Gasteiger charge is -2.07. The SMILES string of the molecule is CCOc1ccccc1-c1nc(CC(=O)Nc2c(C)nn(-c3ccccc3)c2C)cs1. The molecule has 2 aromatic carbocycles. The molecule has 0 aliphatic heterocycles. The third-order valence-corrected chi connectivity index (χ3v) is 5.79. The largest absolute Gasteiger partial charge is 0.493 e. The van der Waals surface area contributed by atoms with Crippen molar-refractivity contribution in [2.45, 2.75) is 27.2 Å². The van der Waals surface area contributed by atoms with E-state index in [0.29, 0.717) is 6.61 Å². The number of nitrogens with zero attached hydrogens (tertiary/aromatic N) is 3. The van der Waals surface area contributed by atoms with Crippen LogP contribution in [0.4, 0.5) is 5.69 Å². The maximum atomic E-state index is 12.7. The van der Waals surface area contributed by atoms with Crippen molar-refractivity contribution < 1.29 is 9.53 Å². The highest BCUT2D eigenvalue weighted by Gasteiger charge is 2.17. The lowest BCUT2D eigenvalue weighted by Crippen LogP contribution is -2.15. The molecule has 6 nitrogen and oxygen atoms in total. The van der Waals surface area contributed by atoms with Crippen LogP contribution >= 0.6 is 11.3 Å². The Bertz CT molecular complexity index is 1200. The summed E-state index contributed by atoms with van der Waals surface area (Å²) >= 11 is 1.51. The predicted molar refractivity (Wildman–Crippen MR) is 124 cm³/mol. The summed E-state index contributed by atoms with van der Waals surface area (Å²) in [5.74, 6) is 0.684. The van der Waals surface area contributed by atoms with E-state index in [4.69, 9.17) is 4.74 Å². The topological polar surface area (TPSA) is 69.0 Å². The van der Waals surface area contributed by atoms with Crippen LogP contribution in [0.5, 0.6) is 5.75 Å². The van der Waals surface area contributed by atoms with Crippen molar-refractivity contribution in [1.29, 1.82) is 0 Å². The first-order chi connectivity index (χ1) is 15.1. The van der Waals surface area contributed by atoms with Gasteiger partial charge in [0.15, 0.2) is 0 Å². The molecule has 1 N–H and O–H groups in total. The first kappa shape index (κ1) is 20.8. The molecule has 31 heavy (non-hydrogen) atoms. The molecule has 4 rings (SSSR count). The number of ether oxygens (including phenoxy) is 1. The van der Waals surface area contributed by atoms with Gasteiger partial charge in [0, 0.05) is 5.38 Å². The number of anilines is 1.